The largest absolute Gasteiger partial charge is 0.420 e. The first-order chi connectivity index (χ1) is 15.5. The Morgan fingerprint density at radius 2 is 1.73 bits per heavy atom. The summed E-state index contributed by atoms with van der Waals surface area (Å²) in [6.07, 6.45) is -0.745. The molecular weight excluding hydrogens is 461 g/mol. The number of aromatic nitrogens is 2. The molecule has 0 bridgehead atoms. The van der Waals surface area contributed by atoms with Crippen LogP contribution in [0.25, 0.3) is 11.5 Å². The molecular formula is C21H25F3N4O4S. The van der Waals surface area contributed by atoms with Gasteiger partial charge in [-0.1, -0.05) is 0 Å². The summed E-state index contributed by atoms with van der Waals surface area (Å²) in [5.41, 5.74) is -0.363. The van der Waals surface area contributed by atoms with Crippen molar-refractivity contribution in [2.45, 2.75) is 37.8 Å². The van der Waals surface area contributed by atoms with Gasteiger partial charge in [-0.15, -0.1) is 10.2 Å². The average molecular weight is 487 g/mol. The Balaban J connectivity index is 1.39. The third-order valence-electron chi connectivity index (χ3n) is 6.25. The molecule has 12 heteroatoms. The Labute approximate surface area is 189 Å². The van der Waals surface area contributed by atoms with Crippen molar-refractivity contribution in [2.24, 2.45) is 5.92 Å². The molecule has 1 amide bonds. The second-order valence-corrected chi connectivity index (χ2v) is 10.6. The first kappa shape index (κ1) is 23.7. The summed E-state index contributed by atoms with van der Waals surface area (Å²) in [7, 11) is -3.25. The van der Waals surface area contributed by atoms with Crippen LogP contribution in [0.3, 0.4) is 0 Å². The minimum atomic E-state index is -4.42. The van der Waals surface area contributed by atoms with Crippen molar-refractivity contribution >= 4 is 15.9 Å². The number of likely N-dealkylation sites (tertiary alicyclic amines) is 1. The van der Waals surface area contributed by atoms with E-state index in [1.54, 1.807) is 4.90 Å². The molecule has 0 spiro atoms. The van der Waals surface area contributed by atoms with Gasteiger partial charge in [-0.3, -0.25) is 4.79 Å². The molecule has 1 unspecified atom stereocenters. The van der Waals surface area contributed by atoms with Gasteiger partial charge in [0.2, 0.25) is 27.7 Å². The van der Waals surface area contributed by atoms with Gasteiger partial charge in [0, 0.05) is 37.7 Å². The zero-order valence-electron chi connectivity index (χ0n) is 18.1. The number of hydrogen-bond acceptors (Lipinski definition) is 6. The van der Waals surface area contributed by atoms with Gasteiger partial charge < -0.3 is 9.32 Å². The van der Waals surface area contributed by atoms with Crippen LogP contribution in [0, 0.1) is 5.92 Å². The monoisotopic (exact) mass is 486 g/mol. The average Bonchev–Trinajstić information content (AvgIpc) is 3.28. The highest BCUT2D eigenvalue weighted by molar-refractivity contribution is 7.88. The van der Waals surface area contributed by atoms with E-state index in [9.17, 15) is 26.4 Å². The van der Waals surface area contributed by atoms with Crippen molar-refractivity contribution in [1.82, 2.24) is 19.4 Å². The number of halogens is 3. The highest BCUT2D eigenvalue weighted by Gasteiger charge is 2.35. The highest BCUT2D eigenvalue weighted by atomic mass is 32.2. The maximum atomic E-state index is 13.0. The van der Waals surface area contributed by atoms with Gasteiger partial charge in [0.1, 0.15) is 0 Å². The van der Waals surface area contributed by atoms with E-state index in [0.717, 1.165) is 25.0 Å². The topological polar surface area (TPSA) is 96.6 Å². The van der Waals surface area contributed by atoms with E-state index in [2.05, 4.69) is 10.2 Å². The lowest BCUT2D eigenvalue weighted by molar-refractivity contribution is -0.138. The summed E-state index contributed by atoms with van der Waals surface area (Å²) in [6.45, 7) is 1.71. The molecule has 1 aromatic carbocycles. The first-order valence-electron chi connectivity index (χ1n) is 10.8. The molecule has 2 aromatic rings. The lowest BCUT2D eigenvalue weighted by Gasteiger charge is -2.36. The number of sulfonamides is 1. The SMILES string of the molecule is CS(=O)(=O)N1CCC(C(=O)N2CCCC(c3nnc(-c4ccc(C(F)(F)F)cc4)o3)C2)CC1. The van der Waals surface area contributed by atoms with Crippen molar-refractivity contribution in [1.29, 1.82) is 0 Å². The molecule has 180 valence electrons. The Bertz CT molecular complexity index is 1090. The summed E-state index contributed by atoms with van der Waals surface area (Å²) in [5, 5.41) is 8.06. The Morgan fingerprint density at radius 3 is 2.33 bits per heavy atom. The van der Waals surface area contributed by atoms with Gasteiger partial charge in [-0.05, 0) is 49.9 Å². The Morgan fingerprint density at radius 1 is 1.06 bits per heavy atom. The van der Waals surface area contributed by atoms with Crippen LogP contribution in [-0.4, -0.2) is 66.2 Å². The molecule has 0 N–H and O–H groups in total. The van der Waals surface area contributed by atoms with Crippen LogP contribution in [-0.2, 0) is 21.0 Å². The molecule has 0 radical (unpaired) electrons. The lowest BCUT2D eigenvalue weighted by Crippen LogP contribution is -2.46. The fourth-order valence-corrected chi connectivity index (χ4v) is 5.26. The van der Waals surface area contributed by atoms with E-state index in [4.69, 9.17) is 4.42 Å². The number of nitrogens with zero attached hydrogens (tertiary/aromatic N) is 4. The van der Waals surface area contributed by atoms with Crippen molar-refractivity contribution in [3.63, 3.8) is 0 Å². The molecule has 1 atom stereocenters. The molecule has 2 fully saturated rings. The van der Waals surface area contributed by atoms with Gasteiger partial charge in [-0.25, -0.2) is 12.7 Å². The quantitative estimate of drug-likeness (QED) is 0.659. The molecule has 8 nitrogen and oxygen atoms in total. The summed E-state index contributed by atoms with van der Waals surface area (Å²) in [5.74, 6) is 0.126. The number of carbonyl (C=O) groups is 1. The fraction of sp³-hybridized carbons (Fsp3) is 0.571. The van der Waals surface area contributed by atoms with E-state index in [0.29, 0.717) is 50.5 Å². The van der Waals surface area contributed by atoms with Crippen molar-refractivity contribution in [3.05, 3.63) is 35.7 Å². The van der Waals surface area contributed by atoms with E-state index >= 15 is 0 Å². The molecule has 3 heterocycles. The van der Waals surface area contributed by atoms with Crippen LogP contribution < -0.4 is 0 Å². The normalized spacial score (nSPS) is 21.3. The maximum Gasteiger partial charge on any atom is 0.416 e. The Kier molecular flexibility index (Phi) is 6.50. The van der Waals surface area contributed by atoms with Crippen molar-refractivity contribution in [3.8, 4) is 11.5 Å². The number of piperidine rings is 2. The van der Waals surface area contributed by atoms with Gasteiger partial charge >= 0.3 is 6.18 Å². The smallest absolute Gasteiger partial charge is 0.416 e. The summed E-state index contributed by atoms with van der Waals surface area (Å²) in [6, 6.07) is 4.52. The summed E-state index contributed by atoms with van der Waals surface area (Å²) < 4.78 is 68.8. The van der Waals surface area contributed by atoms with Crippen molar-refractivity contribution < 1.29 is 30.8 Å². The van der Waals surface area contributed by atoms with Crippen LogP contribution in [0.4, 0.5) is 13.2 Å². The molecule has 0 aliphatic carbocycles. The van der Waals surface area contributed by atoms with Gasteiger partial charge in [-0.2, -0.15) is 13.2 Å². The number of carbonyl (C=O) groups excluding carboxylic acids is 1. The second-order valence-electron chi connectivity index (χ2n) is 8.58. The highest BCUT2D eigenvalue weighted by Crippen LogP contribution is 2.33. The molecule has 4 rings (SSSR count). The van der Waals surface area contributed by atoms with E-state index in [1.807, 2.05) is 0 Å². The molecule has 2 aliphatic rings. The van der Waals surface area contributed by atoms with Crippen LogP contribution in [0.5, 0.6) is 0 Å². The molecule has 0 saturated carbocycles. The third kappa shape index (κ3) is 5.37. The predicted octanol–water partition coefficient (Wildman–Crippen LogP) is 3.13. The van der Waals surface area contributed by atoms with Crippen molar-refractivity contribution in [2.75, 3.05) is 32.4 Å². The third-order valence-corrected chi connectivity index (χ3v) is 7.56. The zero-order valence-corrected chi connectivity index (χ0v) is 18.9. The number of hydrogen-bond donors (Lipinski definition) is 0. The molecule has 33 heavy (non-hydrogen) atoms. The summed E-state index contributed by atoms with van der Waals surface area (Å²) in [4.78, 5) is 14.8. The van der Waals surface area contributed by atoms with E-state index < -0.39 is 21.8 Å². The standard InChI is InChI=1S/C21H25F3N4O4S/c1-33(30,31)28-11-8-15(9-12-28)20(29)27-10-2-3-16(13-27)19-26-25-18(32-19)14-4-6-17(7-5-14)21(22,23)24/h4-7,15-16H,2-3,8-13H2,1H3. The van der Waals surface area contributed by atoms with Gasteiger partial charge in [0.25, 0.3) is 0 Å². The van der Waals surface area contributed by atoms with Crippen LogP contribution >= 0.6 is 0 Å². The van der Waals surface area contributed by atoms with Crippen LogP contribution in [0.1, 0.15) is 43.1 Å². The Hall–Kier alpha value is -2.47. The van der Waals surface area contributed by atoms with E-state index in [-0.39, 0.29) is 23.6 Å². The number of rotatable bonds is 4. The second kappa shape index (κ2) is 9.05. The first-order valence-corrected chi connectivity index (χ1v) is 12.6. The summed E-state index contributed by atoms with van der Waals surface area (Å²) >= 11 is 0. The minimum Gasteiger partial charge on any atom is -0.420 e. The van der Waals surface area contributed by atoms with Gasteiger partial charge in [0.15, 0.2) is 0 Å². The molecule has 1 aromatic heterocycles. The predicted molar refractivity (Wildman–Crippen MR) is 112 cm³/mol. The lowest BCUT2D eigenvalue weighted by atomic mass is 9.93. The fourth-order valence-electron chi connectivity index (χ4n) is 4.39. The van der Waals surface area contributed by atoms with Crippen LogP contribution in [0.2, 0.25) is 0 Å². The maximum absolute atomic E-state index is 13.0. The zero-order chi connectivity index (χ0) is 23.8. The minimum absolute atomic E-state index is 0.00956. The molecule has 2 aliphatic heterocycles. The van der Waals surface area contributed by atoms with Crippen LogP contribution in [0.15, 0.2) is 28.7 Å². The number of amides is 1. The van der Waals surface area contributed by atoms with Gasteiger partial charge in [0.05, 0.1) is 17.7 Å². The number of benzene rings is 1. The van der Waals surface area contributed by atoms with E-state index in [1.165, 1.54) is 22.7 Å². The number of alkyl halides is 3. The molecule has 2 saturated heterocycles.